The van der Waals surface area contributed by atoms with E-state index in [9.17, 15) is 4.79 Å². The van der Waals surface area contributed by atoms with Crippen molar-refractivity contribution in [1.29, 1.82) is 0 Å². The molecule has 6 heteroatoms. The third-order valence-electron chi connectivity index (χ3n) is 6.04. The van der Waals surface area contributed by atoms with E-state index in [-0.39, 0.29) is 5.91 Å². The number of aryl methyl sites for hydroxylation is 1. The molecule has 0 aromatic carbocycles. The van der Waals surface area contributed by atoms with Gasteiger partial charge in [-0.3, -0.25) is 14.8 Å². The molecule has 0 unspecified atom stereocenters. The molecule has 1 atom stereocenters. The van der Waals surface area contributed by atoms with Crippen LogP contribution in [0.2, 0.25) is 0 Å². The molecule has 1 spiro atoms. The number of carbonyl (C=O) groups excluding carboxylic acids is 1. The van der Waals surface area contributed by atoms with Crippen LogP contribution in [0.5, 0.6) is 0 Å². The highest BCUT2D eigenvalue weighted by atomic mass is 32.1. The minimum absolute atomic E-state index is 0.213. The van der Waals surface area contributed by atoms with E-state index in [1.165, 1.54) is 36.1 Å². The van der Waals surface area contributed by atoms with Crippen molar-refractivity contribution < 1.29 is 4.79 Å². The second-order valence-electron chi connectivity index (χ2n) is 7.66. The van der Waals surface area contributed by atoms with Crippen LogP contribution in [0, 0.1) is 12.3 Å². The Kier molecular flexibility index (Phi) is 4.41. The van der Waals surface area contributed by atoms with E-state index in [0.717, 1.165) is 26.2 Å². The van der Waals surface area contributed by atoms with Crippen LogP contribution in [0.15, 0.2) is 23.0 Å². The number of amides is 1. The Morgan fingerprint density at radius 3 is 2.88 bits per heavy atom. The summed E-state index contributed by atoms with van der Waals surface area (Å²) in [6.07, 6.45) is 5.51. The van der Waals surface area contributed by atoms with E-state index in [1.807, 2.05) is 6.20 Å². The fourth-order valence-corrected chi connectivity index (χ4v) is 4.92. The Bertz CT molecular complexity index is 730. The molecule has 1 N–H and O–H groups in total. The summed E-state index contributed by atoms with van der Waals surface area (Å²) >= 11 is 1.70. The van der Waals surface area contributed by atoms with E-state index in [1.54, 1.807) is 18.3 Å². The molecule has 2 aromatic heterocycles. The predicted molar refractivity (Wildman–Crippen MR) is 99.2 cm³/mol. The molecule has 1 aliphatic carbocycles. The van der Waals surface area contributed by atoms with Crippen LogP contribution in [-0.2, 0) is 17.9 Å². The number of H-pyrrole nitrogens is 1. The molecule has 2 aliphatic rings. The summed E-state index contributed by atoms with van der Waals surface area (Å²) in [5.74, 6) is 0.213. The molecule has 0 radical (unpaired) electrons. The van der Waals surface area contributed by atoms with Crippen molar-refractivity contribution in [3.05, 3.63) is 39.8 Å². The number of likely N-dealkylation sites (tertiary alicyclic amines) is 1. The first-order chi connectivity index (χ1) is 12.1. The second kappa shape index (κ2) is 6.57. The van der Waals surface area contributed by atoms with Crippen molar-refractivity contribution in [2.75, 3.05) is 13.1 Å². The van der Waals surface area contributed by atoms with E-state index in [4.69, 9.17) is 0 Å². The molecule has 25 heavy (non-hydrogen) atoms. The Morgan fingerprint density at radius 2 is 2.28 bits per heavy atom. The number of piperidine rings is 1. The Morgan fingerprint density at radius 1 is 1.48 bits per heavy atom. The lowest BCUT2D eigenvalue weighted by atomic mass is 9.92. The largest absolute Gasteiger partial charge is 0.335 e. The molecule has 5 nitrogen and oxygen atoms in total. The van der Waals surface area contributed by atoms with Gasteiger partial charge < -0.3 is 4.90 Å². The fraction of sp³-hybridized carbons (Fsp3) is 0.579. The molecule has 3 heterocycles. The van der Waals surface area contributed by atoms with Gasteiger partial charge in [-0.1, -0.05) is 0 Å². The Labute approximate surface area is 153 Å². The molecule has 2 aromatic rings. The van der Waals surface area contributed by atoms with E-state index in [0.29, 0.717) is 11.5 Å². The zero-order chi connectivity index (χ0) is 17.4. The van der Waals surface area contributed by atoms with Gasteiger partial charge in [-0.05, 0) is 67.1 Å². The van der Waals surface area contributed by atoms with Crippen LogP contribution in [0.3, 0.4) is 0 Å². The SMILES string of the molecule is CC(=O)N(Cc1ccsc1)[C@H]1CC12CCN(Cc1cn[nH]c1C)CC2. The van der Waals surface area contributed by atoms with Crippen molar-refractivity contribution in [1.82, 2.24) is 20.0 Å². The van der Waals surface area contributed by atoms with Crippen molar-refractivity contribution in [3.8, 4) is 0 Å². The number of carbonyl (C=O) groups is 1. The first-order valence-electron chi connectivity index (χ1n) is 9.07. The van der Waals surface area contributed by atoms with Crippen molar-refractivity contribution in [2.24, 2.45) is 5.41 Å². The van der Waals surface area contributed by atoms with Gasteiger partial charge in [-0.25, -0.2) is 0 Å². The smallest absolute Gasteiger partial charge is 0.220 e. The van der Waals surface area contributed by atoms with Crippen LogP contribution in [-0.4, -0.2) is 45.0 Å². The van der Waals surface area contributed by atoms with Crippen molar-refractivity contribution in [3.63, 3.8) is 0 Å². The maximum absolute atomic E-state index is 12.2. The van der Waals surface area contributed by atoms with Gasteiger partial charge in [0.15, 0.2) is 0 Å². The minimum atomic E-state index is 0.213. The number of hydrogen-bond donors (Lipinski definition) is 1. The Balaban J connectivity index is 1.35. The number of aromatic amines is 1. The number of nitrogens with zero attached hydrogens (tertiary/aromatic N) is 3. The molecular weight excluding hydrogens is 332 g/mol. The maximum Gasteiger partial charge on any atom is 0.220 e. The van der Waals surface area contributed by atoms with Gasteiger partial charge in [0, 0.05) is 37.3 Å². The highest BCUT2D eigenvalue weighted by Gasteiger charge is 2.58. The zero-order valence-corrected chi connectivity index (χ0v) is 15.8. The molecule has 1 aliphatic heterocycles. The summed E-state index contributed by atoms with van der Waals surface area (Å²) in [6.45, 7) is 7.78. The molecule has 134 valence electrons. The standard InChI is InChI=1S/C19H26N4OS/c1-14-17(10-20-21-14)12-22-6-4-19(5-7-22)9-18(19)23(15(2)24)11-16-3-8-25-13-16/h3,8,10,13,18H,4-7,9,11-12H2,1-2H3,(H,20,21)/t18-/m0/s1. The van der Waals surface area contributed by atoms with Gasteiger partial charge in [0.05, 0.1) is 6.20 Å². The monoisotopic (exact) mass is 358 g/mol. The molecular formula is C19H26N4OS. The molecule has 4 rings (SSSR count). The van der Waals surface area contributed by atoms with Gasteiger partial charge >= 0.3 is 0 Å². The summed E-state index contributed by atoms with van der Waals surface area (Å²) in [7, 11) is 0. The summed E-state index contributed by atoms with van der Waals surface area (Å²) in [6, 6.07) is 2.56. The lowest BCUT2D eigenvalue weighted by molar-refractivity contribution is -0.130. The van der Waals surface area contributed by atoms with Crippen molar-refractivity contribution in [2.45, 2.75) is 52.2 Å². The third-order valence-corrected chi connectivity index (χ3v) is 6.77. The Hall–Kier alpha value is -1.66. The molecule has 0 bridgehead atoms. The van der Waals surface area contributed by atoms with Crippen LogP contribution in [0.1, 0.15) is 43.0 Å². The first kappa shape index (κ1) is 16.8. The van der Waals surface area contributed by atoms with Gasteiger partial charge in [-0.2, -0.15) is 16.4 Å². The number of aromatic nitrogens is 2. The number of hydrogen-bond acceptors (Lipinski definition) is 4. The highest BCUT2D eigenvalue weighted by molar-refractivity contribution is 7.07. The van der Waals surface area contributed by atoms with Crippen LogP contribution in [0.4, 0.5) is 0 Å². The lowest BCUT2D eigenvalue weighted by Crippen LogP contribution is -2.39. The number of thiophene rings is 1. The van der Waals surface area contributed by atoms with E-state index < -0.39 is 0 Å². The summed E-state index contributed by atoms with van der Waals surface area (Å²) < 4.78 is 0. The highest BCUT2D eigenvalue weighted by Crippen LogP contribution is 2.57. The minimum Gasteiger partial charge on any atom is -0.335 e. The van der Waals surface area contributed by atoms with Crippen LogP contribution in [0.25, 0.3) is 0 Å². The molecule has 1 amide bonds. The topological polar surface area (TPSA) is 52.2 Å². The summed E-state index contributed by atoms with van der Waals surface area (Å²) in [5, 5.41) is 11.4. The summed E-state index contributed by atoms with van der Waals surface area (Å²) in [4.78, 5) is 16.8. The van der Waals surface area contributed by atoms with Gasteiger partial charge in [-0.15, -0.1) is 0 Å². The number of rotatable bonds is 5. The van der Waals surface area contributed by atoms with E-state index >= 15 is 0 Å². The average Bonchev–Trinajstić information content (AvgIpc) is 2.94. The number of nitrogens with one attached hydrogen (secondary N) is 1. The van der Waals surface area contributed by atoms with Crippen LogP contribution < -0.4 is 0 Å². The normalized spacial score (nSPS) is 22.2. The van der Waals surface area contributed by atoms with Crippen LogP contribution >= 0.6 is 11.3 Å². The predicted octanol–water partition coefficient (Wildman–Crippen LogP) is 3.18. The third kappa shape index (κ3) is 3.37. The van der Waals surface area contributed by atoms with Crippen molar-refractivity contribution >= 4 is 17.2 Å². The van der Waals surface area contributed by atoms with Gasteiger partial charge in [0.25, 0.3) is 0 Å². The molecule has 2 fully saturated rings. The maximum atomic E-state index is 12.2. The van der Waals surface area contributed by atoms with Gasteiger partial charge in [0.1, 0.15) is 0 Å². The first-order valence-corrected chi connectivity index (χ1v) is 10.0. The average molecular weight is 359 g/mol. The fourth-order valence-electron chi connectivity index (χ4n) is 4.26. The molecule has 1 saturated carbocycles. The second-order valence-corrected chi connectivity index (χ2v) is 8.44. The quantitative estimate of drug-likeness (QED) is 0.893. The zero-order valence-electron chi connectivity index (χ0n) is 15.0. The summed E-state index contributed by atoms with van der Waals surface area (Å²) in [5.41, 5.74) is 4.09. The van der Waals surface area contributed by atoms with E-state index in [2.05, 4.69) is 43.7 Å². The molecule has 1 saturated heterocycles. The van der Waals surface area contributed by atoms with Gasteiger partial charge in [0.2, 0.25) is 5.91 Å². The lowest BCUT2D eigenvalue weighted by Gasteiger charge is -2.34.